The van der Waals surface area contributed by atoms with E-state index in [1.165, 1.54) is 7.11 Å². The fraction of sp³-hybridized carbons (Fsp3) is 0.269. The van der Waals surface area contributed by atoms with Crippen molar-refractivity contribution in [2.45, 2.75) is 33.3 Å². The zero-order valence-corrected chi connectivity index (χ0v) is 18.4. The van der Waals surface area contributed by atoms with E-state index in [4.69, 9.17) is 18.6 Å². The molecule has 0 radical (unpaired) electrons. The van der Waals surface area contributed by atoms with Gasteiger partial charge in [0.2, 0.25) is 11.2 Å². The third-order valence-electron chi connectivity index (χ3n) is 5.08. The first-order chi connectivity index (χ1) is 14.8. The van der Waals surface area contributed by atoms with Gasteiger partial charge in [0.05, 0.1) is 18.1 Å². The minimum absolute atomic E-state index is 0.162. The van der Waals surface area contributed by atoms with E-state index in [-0.39, 0.29) is 11.2 Å². The maximum Gasteiger partial charge on any atom is 0.235 e. The summed E-state index contributed by atoms with van der Waals surface area (Å²) < 4.78 is 24.0. The second-order valence-electron chi connectivity index (χ2n) is 8.29. The number of hydrogen-bond acceptors (Lipinski definition) is 5. The number of hydrogen-bond donors (Lipinski definition) is 0. The molecule has 0 fully saturated rings. The molecule has 0 saturated heterocycles. The molecule has 160 valence electrons. The number of rotatable bonds is 5. The average Bonchev–Trinajstić information content (AvgIpc) is 2.73. The highest BCUT2D eigenvalue weighted by Gasteiger charge is 2.29. The van der Waals surface area contributed by atoms with Gasteiger partial charge in [-0.2, -0.15) is 0 Å². The van der Waals surface area contributed by atoms with Gasteiger partial charge in [-0.1, -0.05) is 35.9 Å². The standard InChI is InChI=1S/C26H26O5/c1-16(2)12-14-29-20-15-19-21(27)25(28-5)22(17-9-7-6-8-10-17)30-23(19)18-11-13-26(3,4)31-24(18)20/h6-13,15H,14H2,1-5H3. The highest BCUT2D eigenvalue weighted by atomic mass is 16.5. The van der Waals surface area contributed by atoms with Crippen molar-refractivity contribution in [2.24, 2.45) is 0 Å². The highest BCUT2D eigenvalue weighted by molar-refractivity contribution is 5.93. The Labute approximate surface area is 181 Å². The summed E-state index contributed by atoms with van der Waals surface area (Å²) in [6.07, 6.45) is 5.85. The Morgan fingerprint density at radius 3 is 2.58 bits per heavy atom. The van der Waals surface area contributed by atoms with Crippen molar-refractivity contribution < 1.29 is 18.6 Å². The summed E-state index contributed by atoms with van der Waals surface area (Å²) in [5, 5.41) is 0.385. The molecule has 0 atom stereocenters. The normalized spacial score (nSPS) is 14.0. The minimum Gasteiger partial charge on any atom is -0.490 e. The molecule has 2 heterocycles. The van der Waals surface area contributed by atoms with Crippen LogP contribution in [0.15, 0.2) is 63.3 Å². The molecule has 0 N–H and O–H groups in total. The summed E-state index contributed by atoms with van der Waals surface area (Å²) in [5.41, 5.74) is 2.27. The number of ether oxygens (including phenoxy) is 3. The first kappa shape index (κ1) is 20.8. The largest absolute Gasteiger partial charge is 0.490 e. The summed E-state index contributed by atoms with van der Waals surface area (Å²) in [7, 11) is 1.47. The second kappa shape index (κ2) is 7.99. The van der Waals surface area contributed by atoms with Gasteiger partial charge in [0.1, 0.15) is 17.8 Å². The van der Waals surface area contributed by atoms with Crippen LogP contribution in [0.25, 0.3) is 28.4 Å². The van der Waals surface area contributed by atoms with E-state index < -0.39 is 5.60 Å². The Morgan fingerprint density at radius 1 is 1.16 bits per heavy atom. The van der Waals surface area contributed by atoms with Crippen molar-refractivity contribution in [3.63, 3.8) is 0 Å². The first-order valence-corrected chi connectivity index (χ1v) is 10.2. The molecule has 31 heavy (non-hydrogen) atoms. The molecule has 0 aliphatic carbocycles. The van der Waals surface area contributed by atoms with Gasteiger partial charge in [-0.3, -0.25) is 4.79 Å². The highest BCUT2D eigenvalue weighted by Crippen LogP contribution is 2.44. The molecule has 0 amide bonds. The van der Waals surface area contributed by atoms with Crippen molar-refractivity contribution in [2.75, 3.05) is 13.7 Å². The lowest BCUT2D eigenvalue weighted by molar-refractivity contribution is 0.151. The van der Waals surface area contributed by atoms with E-state index in [0.717, 1.165) is 11.1 Å². The van der Waals surface area contributed by atoms with Crippen LogP contribution in [-0.4, -0.2) is 19.3 Å². The molecule has 0 saturated carbocycles. The van der Waals surface area contributed by atoms with Crippen molar-refractivity contribution >= 4 is 17.0 Å². The molecule has 1 aromatic heterocycles. The zero-order chi connectivity index (χ0) is 22.2. The third kappa shape index (κ3) is 3.96. The Bertz CT molecular complexity index is 1240. The lowest BCUT2D eigenvalue weighted by Crippen LogP contribution is -2.28. The van der Waals surface area contributed by atoms with Gasteiger partial charge in [0, 0.05) is 5.56 Å². The molecular formula is C26H26O5. The van der Waals surface area contributed by atoms with Crippen LogP contribution in [0.2, 0.25) is 0 Å². The van der Waals surface area contributed by atoms with Crippen LogP contribution in [0.3, 0.4) is 0 Å². The average molecular weight is 418 g/mol. The van der Waals surface area contributed by atoms with Gasteiger partial charge in [-0.15, -0.1) is 0 Å². The van der Waals surface area contributed by atoms with Crippen molar-refractivity contribution in [1.29, 1.82) is 0 Å². The Hall–Kier alpha value is -3.47. The molecule has 1 aliphatic heterocycles. The Morgan fingerprint density at radius 2 is 1.90 bits per heavy atom. The summed E-state index contributed by atoms with van der Waals surface area (Å²) in [5.74, 6) is 1.61. The molecule has 4 rings (SSSR count). The molecule has 0 spiro atoms. The zero-order valence-electron chi connectivity index (χ0n) is 18.4. The topological polar surface area (TPSA) is 57.9 Å². The van der Waals surface area contributed by atoms with Crippen LogP contribution in [0, 0.1) is 0 Å². The van der Waals surface area contributed by atoms with Crippen LogP contribution in [0.4, 0.5) is 0 Å². The lowest BCUT2D eigenvalue weighted by atomic mass is 9.99. The monoisotopic (exact) mass is 418 g/mol. The molecule has 5 nitrogen and oxygen atoms in total. The Kier molecular flexibility index (Phi) is 5.36. The predicted molar refractivity (Wildman–Crippen MR) is 123 cm³/mol. The van der Waals surface area contributed by atoms with Crippen LogP contribution >= 0.6 is 0 Å². The molecule has 2 aromatic carbocycles. The lowest BCUT2D eigenvalue weighted by Gasteiger charge is -2.29. The molecule has 0 unspecified atom stereocenters. The van der Waals surface area contributed by atoms with E-state index in [1.807, 2.05) is 76.3 Å². The van der Waals surface area contributed by atoms with Gasteiger partial charge < -0.3 is 18.6 Å². The molecule has 0 bridgehead atoms. The van der Waals surface area contributed by atoms with Crippen molar-refractivity contribution in [3.8, 4) is 28.6 Å². The first-order valence-electron chi connectivity index (χ1n) is 10.2. The van der Waals surface area contributed by atoms with E-state index in [1.54, 1.807) is 6.07 Å². The fourth-order valence-electron chi connectivity index (χ4n) is 3.50. The van der Waals surface area contributed by atoms with Crippen LogP contribution < -0.4 is 19.6 Å². The molecule has 3 aromatic rings. The van der Waals surface area contributed by atoms with E-state index >= 15 is 0 Å². The van der Waals surface area contributed by atoms with Gasteiger partial charge in [-0.05, 0) is 52.0 Å². The summed E-state index contributed by atoms with van der Waals surface area (Å²) >= 11 is 0. The van der Waals surface area contributed by atoms with Crippen molar-refractivity contribution in [3.05, 3.63) is 69.9 Å². The van der Waals surface area contributed by atoms with E-state index in [9.17, 15) is 4.79 Å². The van der Waals surface area contributed by atoms with E-state index in [2.05, 4.69) is 0 Å². The van der Waals surface area contributed by atoms with Gasteiger partial charge in [0.25, 0.3) is 0 Å². The summed E-state index contributed by atoms with van der Waals surface area (Å²) in [4.78, 5) is 13.4. The fourth-order valence-corrected chi connectivity index (χ4v) is 3.50. The molecule has 5 heteroatoms. The van der Waals surface area contributed by atoms with Crippen LogP contribution in [0.5, 0.6) is 17.2 Å². The third-order valence-corrected chi connectivity index (χ3v) is 5.08. The smallest absolute Gasteiger partial charge is 0.235 e. The van der Waals surface area contributed by atoms with Crippen LogP contribution in [0.1, 0.15) is 33.3 Å². The molecule has 1 aliphatic rings. The number of benzene rings is 2. The summed E-state index contributed by atoms with van der Waals surface area (Å²) in [6.45, 7) is 8.32. The second-order valence-corrected chi connectivity index (χ2v) is 8.29. The SMILES string of the molecule is COc1c(-c2ccccc2)oc2c3c(c(OCC=C(C)C)cc2c1=O)OC(C)(C)C=C3. The summed E-state index contributed by atoms with van der Waals surface area (Å²) in [6, 6.07) is 11.1. The predicted octanol–water partition coefficient (Wildman–Crippen LogP) is 6.00. The Balaban J connectivity index is 2.01. The number of fused-ring (bicyclic) bond motifs is 3. The molecular weight excluding hydrogens is 392 g/mol. The van der Waals surface area contributed by atoms with Gasteiger partial charge in [-0.25, -0.2) is 0 Å². The van der Waals surface area contributed by atoms with Crippen LogP contribution in [-0.2, 0) is 0 Å². The quantitative estimate of drug-likeness (QED) is 0.476. The van der Waals surface area contributed by atoms with Gasteiger partial charge in [0.15, 0.2) is 17.3 Å². The maximum absolute atomic E-state index is 13.4. The number of methoxy groups -OCH3 is 1. The van der Waals surface area contributed by atoms with Gasteiger partial charge >= 0.3 is 0 Å². The maximum atomic E-state index is 13.4. The van der Waals surface area contributed by atoms with E-state index in [0.29, 0.717) is 40.4 Å². The number of allylic oxidation sites excluding steroid dienone is 1. The minimum atomic E-state index is -0.510. The van der Waals surface area contributed by atoms with Crippen molar-refractivity contribution in [1.82, 2.24) is 0 Å².